The number of carboxylic acid groups (broad SMARTS) is 1. The lowest BCUT2D eigenvalue weighted by Crippen LogP contribution is -2.28. The smallest absolute Gasteiger partial charge is 0.341 e. The van der Waals surface area contributed by atoms with E-state index in [1.165, 1.54) is 6.20 Å². The predicted molar refractivity (Wildman–Crippen MR) is 99.8 cm³/mol. The molecule has 27 heavy (non-hydrogen) atoms. The molecule has 2 fully saturated rings. The molecule has 0 bridgehead atoms. The Morgan fingerprint density at radius 2 is 2.07 bits per heavy atom. The van der Waals surface area contributed by atoms with Crippen LogP contribution in [0.3, 0.4) is 0 Å². The molecule has 5 N–H and O–H groups in total. The molecule has 1 atom stereocenters. The number of pyridine rings is 1. The number of aromatic carboxylic acids is 1. The van der Waals surface area contributed by atoms with E-state index in [0.717, 1.165) is 25.3 Å². The number of nitrogens with zero attached hydrogens (tertiary/aromatic N) is 2. The zero-order chi connectivity index (χ0) is 18.6. The molecule has 7 nitrogen and oxygen atoms in total. The summed E-state index contributed by atoms with van der Waals surface area (Å²) in [5.74, 6) is 0.587. The van der Waals surface area contributed by atoms with Gasteiger partial charge < -0.3 is 25.8 Å². The van der Waals surface area contributed by atoms with Crippen LogP contribution in [-0.2, 0) is 0 Å². The normalized spacial score (nSPS) is 19.0. The number of rotatable bonds is 3. The van der Waals surface area contributed by atoms with Gasteiger partial charge >= 0.3 is 5.97 Å². The maximum absolute atomic E-state index is 14.9. The lowest BCUT2D eigenvalue weighted by atomic mass is 10.0. The Bertz CT molecular complexity index is 1040. The molecule has 1 saturated carbocycles. The van der Waals surface area contributed by atoms with Gasteiger partial charge in [0.1, 0.15) is 11.4 Å². The van der Waals surface area contributed by atoms with E-state index in [1.807, 2.05) is 0 Å². The van der Waals surface area contributed by atoms with Crippen molar-refractivity contribution in [2.45, 2.75) is 31.3 Å². The highest BCUT2D eigenvalue weighted by molar-refractivity contribution is 5.96. The van der Waals surface area contributed by atoms with E-state index >= 15 is 0 Å². The monoisotopic (exact) mass is 373 g/mol. The van der Waals surface area contributed by atoms with Crippen LogP contribution >= 0.6 is 0 Å². The molecule has 2 aromatic rings. The summed E-state index contributed by atoms with van der Waals surface area (Å²) in [5.41, 5.74) is 5.84. The number of hydrogen-bond donors (Lipinski definition) is 2. The van der Waals surface area contributed by atoms with Crippen LogP contribution < -0.4 is 16.1 Å². The maximum Gasteiger partial charge on any atom is 0.341 e. The van der Waals surface area contributed by atoms with Gasteiger partial charge in [0.25, 0.3) is 0 Å². The molecule has 0 spiro atoms. The highest BCUT2D eigenvalue weighted by Crippen LogP contribution is 2.40. The highest BCUT2D eigenvalue weighted by atomic mass is 19.1. The predicted octanol–water partition coefficient (Wildman–Crippen LogP) is 0.868. The molecule has 0 radical (unpaired) electrons. The van der Waals surface area contributed by atoms with E-state index in [9.17, 15) is 19.1 Å². The quantitative estimate of drug-likeness (QED) is 0.774. The molecular weight excluding hydrogens is 353 g/mol. The van der Waals surface area contributed by atoms with Crippen LogP contribution in [0.25, 0.3) is 10.9 Å². The lowest BCUT2D eigenvalue weighted by Gasteiger charge is -2.23. The second-order valence-electron chi connectivity index (χ2n) is 6.93. The fourth-order valence-corrected chi connectivity index (χ4v) is 3.71. The van der Waals surface area contributed by atoms with Gasteiger partial charge in [0.15, 0.2) is 0 Å². The van der Waals surface area contributed by atoms with Crippen molar-refractivity contribution in [3.8, 4) is 12.3 Å². The van der Waals surface area contributed by atoms with E-state index < -0.39 is 17.2 Å². The van der Waals surface area contributed by atoms with Crippen molar-refractivity contribution in [2.24, 2.45) is 5.73 Å². The number of hydrogen-bond acceptors (Lipinski definition) is 4. The molecule has 2 aliphatic rings. The first-order valence-corrected chi connectivity index (χ1v) is 8.54. The van der Waals surface area contributed by atoms with E-state index in [-0.39, 0.29) is 39.8 Å². The first-order valence-electron chi connectivity index (χ1n) is 8.54. The molecule has 1 saturated heterocycles. The maximum atomic E-state index is 14.9. The van der Waals surface area contributed by atoms with Gasteiger partial charge in [0.05, 0.1) is 22.2 Å². The SMILES string of the molecule is C#Cc1c(N2CCC(N)C2)c(F)cc2c(=O)c(C(=O)O)cn(C3CC3)c12.O. The Morgan fingerprint density at radius 3 is 2.59 bits per heavy atom. The van der Waals surface area contributed by atoms with Gasteiger partial charge in [-0.15, -0.1) is 6.42 Å². The number of fused-ring (bicyclic) bond motifs is 1. The van der Waals surface area contributed by atoms with Gasteiger partial charge in [-0.2, -0.15) is 0 Å². The minimum Gasteiger partial charge on any atom is -0.477 e. The second kappa shape index (κ2) is 6.68. The van der Waals surface area contributed by atoms with Crippen molar-refractivity contribution in [1.82, 2.24) is 4.57 Å². The van der Waals surface area contributed by atoms with Crippen molar-refractivity contribution < 1.29 is 19.8 Å². The molecule has 4 rings (SSSR count). The first-order chi connectivity index (χ1) is 12.4. The van der Waals surface area contributed by atoms with Gasteiger partial charge in [-0.25, -0.2) is 9.18 Å². The molecule has 1 aliphatic heterocycles. The Kier molecular flexibility index (Phi) is 4.68. The summed E-state index contributed by atoms with van der Waals surface area (Å²) in [7, 11) is 0. The number of halogens is 1. The summed E-state index contributed by atoms with van der Waals surface area (Å²) in [6, 6.07) is 1.13. The van der Waals surface area contributed by atoms with Crippen molar-refractivity contribution in [1.29, 1.82) is 0 Å². The Hall–Kier alpha value is -2.89. The third kappa shape index (κ3) is 2.95. The molecule has 1 aliphatic carbocycles. The zero-order valence-corrected chi connectivity index (χ0v) is 14.5. The van der Waals surface area contributed by atoms with Crippen molar-refractivity contribution in [3.63, 3.8) is 0 Å². The van der Waals surface area contributed by atoms with Crippen LogP contribution in [0.15, 0.2) is 17.1 Å². The van der Waals surface area contributed by atoms with Crippen molar-refractivity contribution >= 4 is 22.6 Å². The summed E-state index contributed by atoms with van der Waals surface area (Å²) in [6.07, 6.45) is 9.51. The molecule has 142 valence electrons. The molecule has 1 aromatic carbocycles. The average Bonchev–Trinajstić information content (AvgIpc) is 3.35. The first kappa shape index (κ1) is 18.9. The van der Waals surface area contributed by atoms with Crippen molar-refractivity contribution in [2.75, 3.05) is 18.0 Å². The van der Waals surface area contributed by atoms with E-state index in [4.69, 9.17) is 12.2 Å². The topological polar surface area (TPSA) is 120 Å². The summed E-state index contributed by atoms with van der Waals surface area (Å²) < 4.78 is 16.7. The number of carbonyl (C=O) groups is 1. The number of terminal acetylenes is 1. The van der Waals surface area contributed by atoms with Crippen molar-refractivity contribution in [3.05, 3.63) is 39.4 Å². The minimum atomic E-state index is -1.33. The third-order valence-electron chi connectivity index (χ3n) is 5.10. The van der Waals surface area contributed by atoms with Gasteiger partial charge in [-0.05, 0) is 25.3 Å². The number of carboxylic acids is 1. The van der Waals surface area contributed by atoms with Gasteiger partial charge in [0.2, 0.25) is 5.43 Å². The highest BCUT2D eigenvalue weighted by Gasteiger charge is 2.31. The summed E-state index contributed by atoms with van der Waals surface area (Å²) >= 11 is 0. The molecule has 2 heterocycles. The van der Waals surface area contributed by atoms with Gasteiger partial charge in [-0.1, -0.05) is 5.92 Å². The Labute approximate surface area is 154 Å². The number of anilines is 1. The fraction of sp³-hybridized carbons (Fsp3) is 0.368. The van der Waals surface area contributed by atoms with E-state index in [2.05, 4.69) is 5.92 Å². The molecule has 1 unspecified atom stereocenters. The van der Waals surface area contributed by atoms with Crippen LogP contribution in [0.4, 0.5) is 10.1 Å². The van der Waals surface area contributed by atoms with Crippen LogP contribution in [0, 0.1) is 18.2 Å². The van der Waals surface area contributed by atoms with Crippen LogP contribution in [-0.4, -0.2) is 40.3 Å². The average molecular weight is 373 g/mol. The summed E-state index contributed by atoms with van der Waals surface area (Å²) in [5, 5.41) is 9.34. The number of aromatic nitrogens is 1. The van der Waals surface area contributed by atoms with Gasteiger partial charge in [-0.3, -0.25) is 4.79 Å². The zero-order valence-electron chi connectivity index (χ0n) is 14.5. The Morgan fingerprint density at radius 1 is 1.37 bits per heavy atom. The number of benzene rings is 1. The number of nitrogens with two attached hydrogens (primary N) is 1. The fourth-order valence-electron chi connectivity index (χ4n) is 3.71. The largest absolute Gasteiger partial charge is 0.477 e. The summed E-state index contributed by atoms with van der Waals surface area (Å²) in [6.45, 7) is 1.07. The molecular formula is C19H20FN3O4. The second-order valence-corrected chi connectivity index (χ2v) is 6.93. The van der Waals surface area contributed by atoms with Crippen LogP contribution in [0.1, 0.15) is 41.2 Å². The van der Waals surface area contributed by atoms with Crippen LogP contribution in [0.2, 0.25) is 0 Å². The Balaban J connectivity index is 0.00000210. The molecule has 0 amide bonds. The molecule has 1 aromatic heterocycles. The standard InChI is InChI=1S/C19H18FN3O3.H2O/c1-2-12-16-13(7-15(20)17(12)22-6-5-10(21)8-22)18(24)14(19(25)26)9-23(16)11-3-4-11;/h1,7,9-11H,3-6,8,21H2,(H,25,26);1H2. The van der Waals surface area contributed by atoms with E-state index in [1.54, 1.807) is 9.47 Å². The molecule has 8 heteroatoms. The third-order valence-corrected chi connectivity index (χ3v) is 5.10. The summed E-state index contributed by atoms with van der Waals surface area (Å²) in [4.78, 5) is 25.9. The van der Waals surface area contributed by atoms with Gasteiger partial charge in [0, 0.05) is 31.4 Å². The minimum absolute atomic E-state index is 0. The van der Waals surface area contributed by atoms with E-state index in [0.29, 0.717) is 18.6 Å². The lowest BCUT2D eigenvalue weighted by molar-refractivity contribution is 0.0695. The van der Waals surface area contributed by atoms with Crippen LogP contribution in [0.5, 0.6) is 0 Å².